The van der Waals surface area contributed by atoms with E-state index in [1.165, 1.54) is 0 Å². The third kappa shape index (κ3) is 4.46. The average Bonchev–Trinajstić information content (AvgIpc) is 3.41. The van der Waals surface area contributed by atoms with E-state index in [0.29, 0.717) is 22.4 Å². The number of benzene rings is 3. The van der Waals surface area contributed by atoms with Crippen LogP contribution in [0.5, 0.6) is 5.75 Å². The number of ketones is 1. The van der Waals surface area contributed by atoms with Gasteiger partial charge in [-0.15, -0.1) is 0 Å². The molecule has 9 heteroatoms. The summed E-state index contributed by atoms with van der Waals surface area (Å²) in [6.45, 7) is 7.62. The highest BCUT2D eigenvalue weighted by molar-refractivity contribution is 7.22. The number of ether oxygens (including phenoxy) is 1. The maximum atomic E-state index is 14.5. The predicted octanol–water partition coefficient (Wildman–Crippen LogP) is 6.95. The highest BCUT2D eigenvalue weighted by Gasteiger charge is 2.48. The molecule has 1 amide bonds. The summed E-state index contributed by atoms with van der Waals surface area (Å²) in [5.74, 6) is -3.08. The van der Waals surface area contributed by atoms with Crippen LogP contribution >= 0.6 is 11.3 Å². The molecule has 0 bridgehead atoms. The van der Waals surface area contributed by atoms with E-state index in [1.54, 1.807) is 38.3 Å². The Morgan fingerprint density at radius 1 is 1.10 bits per heavy atom. The van der Waals surface area contributed by atoms with E-state index >= 15 is 0 Å². The quantitative estimate of drug-likeness (QED) is 0.166. The predicted molar refractivity (Wildman–Crippen MR) is 147 cm³/mol. The van der Waals surface area contributed by atoms with Crippen LogP contribution in [0.2, 0.25) is 0 Å². The summed E-state index contributed by atoms with van der Waals surface area (Å²) < 4.78 is 34.1. The minimum absolute atomic E-state index is 0.0245. The largest absolute Gasteiger partial charge is 0.507 e. The number of amides is 1. The number of hydrogen-bond acceptors (Lipinski definition) is 6. The zero-order valence-electron chi connectivity index (χ0n) is 22.0. The van der Waals surface area contributed by atoms with Crippen molar-refractivity contribution in [1.29, 1.82) is 0 Å². The van der Waals surface area contributed by atoms with Gasteiger partial charge in [0.25, 0.3) is 5.78 Å². The lowest BCUT2D eigenvalue weighted by Crippen LogP contribution is -2.29. The van der Waals surface area contributed by atoms with Crippen LogP contribution in [0.4, 0.5) is 13.9 Å². The summed E-state index contributed by atoms with van der Waals surface area (Å²) in [7, 11) is 1.57. The minimum Gasteiger partial charge on any atom is -0.507 e. The molecule has 6 nitrogen and oxygen atoms in total. The van der Waals surface area contributed by atoms with Gasteiger partial charge in [0.05, 0.1) is 23.4 Å². The number of aromatic nitrogens is 1. The van der Waals surface area contributed by atoms with Crippen LogP contribution < -0.4 is 9.64 Å². The molecule has 4 aromatic rings. The summed E-state index contributed by atoms with van der Waals surface area (Å²) in [6, 6.07) is 11.6. The van der Waals surface area contributed by atoms with Crippen LogP contribution in [0.1, 0.15) is 53.6 Å². The normalized spacial score (nSPS) is 17.0. The van der Waals surface area contributed by atoms with E-state index in [1.807, 2.05) is 32.9 Å². The number of nitrogens with zero attached hydrogens (tertiary/aromatic N) is 2. The first-order valence-electron chi connectivity index (χ1n) is 12.3. The molecule has 1 aromatic heterocycles. The molecule has 1 saturated heterocycles. The Kier molecular flexibility index (Phi) is 6.72. The smallest absolute Gasteiger partial charge is 0.301 e. The van der Waals surface area contributed by atoms with Crippen LogP contribution in [0, 0.1) is 25.5 Å². The van der Waals surface area contributed by atoms with Crippen molar-refractivity contribution < 1.29 is 28.2 Å². The second-order valence-electron chi connectivity index (χ2n) is 9.88. The zero-order chi connectivity index (χ0) is 28.2. The highest BCUT2D eigenvalue weighted by atomic mass is 32.1. The van der Waals surface area contributed by atoms with Crippen LogP contribution in [0.15, 0.2) is 54.1 Å². The average molecular weight is 549 g/mol. The number of thiazole rings is 1. The van der Waals surface area contributed by atoms with Gasteiger partial charge < -0.3 is 9.84 Å². The molecule has 39 heavy (non-hydrogen) atoms. The molecular weight excluding hydrogens is 522 g/mol. The van der Waals surface area contributed by atoms with Crippen LogP contribution in [0.25, 0.3) is 16.0 Å². The van der Waals surface area contributed by atoms with Gasteiger partial charge in [-0.3, -0.25) is 14.5 Å². The summed E-state index contributed by atoms with van der Waals surface area (Å²) in [4.78, 5) is 32.5. The summed E-state index contributed by atoms with van der Waals surface area (Å²) >= 11 is 0.896. The Morgan fingerprint density at radius 3 is 2.51 bits per heavy atom. The monoisotopic (exact) mass is 548 g/mol. The molecule has 5 rings (SSSR count). The number of carbonyl (C=O) groups is 2. The van der Waals surface area contributed by atoms with Crippen LogP contribution in [0.3, 0.4) is 0 Å². The van der Waals surface area contributed by atoms with Gasteiger partial charge in [0, 0.05) is 11.6 Å². The molecule has 1 fully saturated rings. The molecule has 1 aliphatic rings. The van der Waals surface area contributed by atoms with E-state index in [2.05, 4.69) is 4.98 Å². The van der Waals surface area contributed by atoms with E-state index in [4.69, 9.17) is 4.74 Å². The number of methoxy groups -OCH3 is 1. The maximum Gasteiger partial charge on any atom is 0.301 e. The molecule has 1 unspecified atom stereocenters. The van der Waals surface area contributed by atoms with E-state index in [9.17, 15) is 23.5 Å². The van der Waals surface area contributed by atoms with Gasteiger partial charge >= 0.3 is 5.91 Å². The maximum absolute atomic E-state index is 14.5. The molecule has 0 spiro atoms. The van der Waals surface area contributed by atoms with Crippen molar-refractivity contribution >= 4 is 44.1 Å². The van der Waals surface area contributed by atoms with Gasteiger partial charge in [0.1, 0.15) is 22.8 Å². The van der Waals surface area contributed by atoms with E-state index < -0.39 is 29.4 Å². The number of fused-ring (bicyclic) bond motifs is 1. The van der Waals surface area contributed by atoms with Gasteiger partial charge in [-0.05, 0) is 54.7 Å². The minimum atomic E-state index is -1.04. The lowest BCUT2D eigenvalue weighted by Gasteiger charge is -2.24. The Labute approximate surface area is 228 Å². The lowest BCUT2D eigenvalue weighted by atomic mass is 9.90. The number of aliphatic hydroxyl groups is 1. The van der Waals surface area contributed by atoms with Crippen molar-refractivity contribution in [1.82, 2.24) is 4.98 Å². The fourth-order valence-electron chi connectivity index (χ4n) is 4.96. The molecule has 3 aromatic carbocycles. The first kappa shape index (κ1) is 26.5. The Hall–Kier alpha value is -4.11. The number of rotatable bonds is 5. The standard InChI is InChI=1S/C30H26F2N2O4S/c1-14(2)19-13-20(16(4)10-22(19)38-5)27(35)24-26(17-8-6-7-15(3)9-17)34(29(37)28(24)36)30-33-25-21(32)11-18(31)12-23(25)39-30/h6-14,26,35H,1-5H3/b27-24+. The molecule has 0 aliphatic carbocycles. The lowest BCUT2D eigenvalue weighted by molar-refractivity contribution is -0.132. The van der Waals surface area contributed by atoms with Gasteiger partial charge in [0.15, 0.2) is 10.9 Å². The number of Topliss-reactive ketones (excluding diaryl/α,β-unsaturated/α-hetero) is 1. The second-order valence-corrected chi connectivity index (χ2v) is 10.9. The third-order valence-electron chi connectivity index (χ3n) is 6.86. The van der Waals surface area contributed by atoms with Gasteiger partial charge in [-0.1, -0.05) is 55.0 Å². The van der Waals surface area contributed by atoms with Crippen molar-refractivity contribution in [3.8, 4) is 5.75 Å². The molecule has 2 heterocycles. The van der Waals surface area contributed by atoms with Gasteiger partial charge in [0.2, 0.25) is 0 Å². The first-order chi connectivity index (χ1) is 18.5. The number of aryl methyl sites for hydroxylation is 2. The van der Waals surface area contributed by atoms with Crippen molar-refractivity contribution in [3.63, 3.8) is 0 Å². The van der Waals surface area contributed by atoms with Crippen LogP contribution in [-0.4, -0.2) is 28.9 Å². The molecule has 1 aliphatic heterocycles. The molecule has 0 saturated carbocycles. The Bertz CT molecular complexity index is 1690. The zero-order valence-corrected chi connectivity index (χ0v) is 22.8. The number of hydrogen-bond donors (Lipinski definition) is 1. The van der Waals surface area contributed by atoms with Crippen molar-refractivity contribution in [2.24, 2.45) is 0 Å². The van der Waals surface area contributed by atoms with Crippen LogP contribution in [-0.2, 0) is 9.59 Å². The fraction of sp³-hybridized carbons (Fsp3) is 0.233. The molecule has 1 atom stereocenters. The second kappa shape index (κ2) is 9.89. The number of aliphatic hydroxyl groups excluding tert-OH is 1. The topological polar surface area (TPSA) is 79.7 Å². The van der Waals surface area contributed by atoms with Crippen molar-refractivity contribution in [2.75, 3.05) is 12.0 Å². The van der Waals surface area contributed by atoms with Crippen molar-refractivity contribution in [3.05, 3.63) is 93.6 Å². The number of anilines is 1. The molecule has 0 radical (unpaired) electrons. The first-order valence-corrected chi connectivity index (χ1v) is 13.2. The SMILES string of the molecule is COc1cc(C)c(/C(O)=C2\C(=O)C(=O)N(c3nc4c(F)cc(F)cc4s3)C2c2cccc(C)c2)cc1C(C)C. The summed E-state index contributed by atoms with van der Waals surface area (Å²) in [5, 5.41) is 11.7. The van der Waals surface area contributed by atoms with Crippen molar-refractivity contribution in [2.45, 2.75) is 39.7 Å². The van der Waals surface area contributed by atoms with E-state index in [0.717, 1.165) is 39.5 Å². The fourth-order valence-corrected chi connectivity index (χ4v) is 5.99. The molecule has 1 N–H and O–H groups in total. The number of halogens is 2. The summed E-state index contributed by atoms with van der Waals surface area (Å²) in [6.07, 6.45) is 0. The third-order valence-corrected chi connectivity index (χ3v) is 7.87. The van der Waals surface area contributed by atoms with Gasteiger partial charge in [-0.25, -0.2) is 13.8 Å². The Morgan fingerprint density at radius 2 is 1.85 bits per heavy atom. The molecule has 200 valence electrons. The Balaban J connectivity index is 1.77. The van der Waals surface area contributed by atoms with Gasteiger partial charge in [-0.2, -0.15) is 0 Å². The van der Waals surface area contributed by atoms with E-state index in [-0.39, 0.29) is 32.6 Å². The number of carbonyl (C=O) groups excluding carboxylic acids is 2. The summed E-state index contributed by atoms with van der Waals surface area (Å²) in [5.41, 5.74) is 3.10. The molecular formula is C30H26F2N2O4S. The highest BCUT2D eigenvalue weighted by Crippen LogP contribution is 2.45.